The van der Waals surface area contributed by atoms with Gasteiger partial charge in [-0.1, -0.05) is 0 Å². The summed E-state index contributed by atoms with van der Waals surface area (Å²) in [5.74, 6) is 1.24. The molecule has 12 heavy (non-hydrogen) atoms. The molecule has 70 valence electrons. The van der Waals surface area contributed by atoms with Crippen LogP contribution in [0.3, 0.4) is 0 Å². The van der Waals surface area contributed by atoms with Gasteiger partial charge in [-0.3, -0.25) is 4.21 Å². The number of carbonyl (C=O) groups is 1. The van der Waals surface area contributed by atoms with Crippen molar-refractivity contribution in [3.05, 3.63) is 0 Å². The average molecular weight is 190 g/mol. The Morgan fingerprint density at radius 3 is 2.58 bits per heavy atom. The molecule has 4 nitrogen and oxygen atoms in total. The summed E-state index contributed by atoms with van der Waals surface area (Å²) < 4.78 is 10.9. The van der Waals surface area contributed by atoms with Gasteiger partial charge in [0, 0.05) is 41.9 Å². The number of nitrogens with one attached hydrogen (secondary N) is 1. The molecule has 1 aliphatic rings. The van der Waals surface area contributed by atoms with Gasteiger partial charge in [0.2, 0.25) is 0 Å². The zero-order valence-electron chi connectivity index (χ0n) is 7.21. The maximum Gasteiger partial charge on any atom is 0.317 e. The van der Waals surface area contributed by atoms with Gasteiger partial charge in [-0.25, -0.2) is 4.79 Å². The van der Waals surface area contributed by atoms with Crippen LogP contribution in [0.1, 0.15) is 6.92 Å². The molecule has 1 aliphatic heterocycles. The molecule has 0 aliphatic carbocycles. The molecule has 0 atom stereocenters. The lowest BCUT2D eigenvalue weighted by Gasteiger charge is -2.26. The topological polar surface area (TPSA) is 49.4 Å². The van der Waals surface area contributed by atoms with Crippen LogP contribution in [0, 0.1) is 0 Å². The highest BCUT2D eigenvalue weighted by Gasteiger charge is 2.18. The van der Waals surface area contributed by atoms with E-state index < -0.39 is 10.8 Å². The summed E-state index contributed by atoms with van der Waals surface area (Å²) in [5.41, 5.74) is 0. The van der Waals surface area contributed by atoms with E-state index in [-0.39, 0.29) is 6.03 Å². The second-order valence-electron chi connectivity index (χ2n) is 2.67. The second-order valence-corrected chi connectivity index (χ2v) is 4.37. The van der Waals surface area contributed by atoms with Crippen molar-refractivity contribution in [2.24, 2.45) is 0 Å². The largest absolute Gasteiger partial charge is 0.338 e. The molecule has 0 saturated carbocycles. The Morgan fingerprint density at radius 2 is 2.08 bits per heavy atom. The number of rotatable bonds is 1. The Morgan fingerprint density at radius 1 is 1.50 bits per heavy atom. The quantitative estimate of drug-likeness (QED) is 0.621. The summed E-state index contributed by atoms with van der Waals surface area (Å²) in [6.07, 6.45) is 0. The van der Waals surface area contributed by atoms with Crippen LogP contribution < -0.4 is 5.32 Å². The smallest absolute Gasteiger partial charge is 0.317 e. The van der Waals surface area contributed by atoms with Crippen LogP contribution in [-0.2, 0) is 10.8 Å². The molecule has 0 unspecified atom stereocenters. The van der Waals surface area contributed by atoms with Crippen molar-refractivity contribution in [2.45, 2.75) is 6.92 Å². The van der Waals surface area contributed by atoms with E-state index in [2.05, 4.69) is 5.32 Å². The summed E-state index contributed by atoms with van der Waals surface area (Å²) in [5, 5.41) is 2.72. The molecular weight excluding hydrogens is 176 g/mol. The first-order chi connectivity index (χ1) is 5.74. The van der Waals surface area contributed by atoms with Crippen LogP contribution in [0.4, 0.5) is 4.79 Å². The first-order valence-corrected chi connectivity index (χ1v) is 5.60. The summed E-state index contributed by atoms with van der Waals surface area (Å²) in [4.78, 5) is 12.9. The van der Waals surface area contributed by atoms with Gasteiger partial charge in [0.05, 0.1) is 0 Å². The number of hydrogen-bond acceptors (Lipinski definition) is 2. The number of nitrogens with zero attached hydrogens (tertiary/aromatic N) is 1. The zero-order chi connectivity index (χ0) is 8.97. The fourth-order valence-corrected chi connectivity index (χ4v) is 2.16. The molecule has 0 bridgehead atoms. The Labute approximate surface area is 74.8 Å². The van der Waals surface area contributed by atoms with Gasteiger partial charge in [-0.05, 0) is 6.92 Å². The molecule has 1 saturated heterocycles. The number of carbonyl (C=O) groups excluding carboxylic acids is 1. The molecule has 5 heteroatoms. The van der Waals surface area contributed by atoms with E-state index in [1.54, 1.807) is 4.90 Å². The minimum absolute atomic E-state index is 0.0331. The minimum Gasteiger partial charge on any atom is -0.338 e. The number of hydrogen-bond donors (Lipinski definition) is 1. The third-order valence-corrected chi connectivity index (χ3v) is 3.07. The van der Waals surface area contributed by atoms with E-state index in [0.717, 1.165) is 0 Å². The summed E-state index contributed by atoms with van der Waals surface area (Å²) in [6, 6.07) is -0.0331. The van der Waals surface area contributed by atoms with Crippen molar-refractivity contribution in [3.63, 3.8) is 0 Å². The van der Waals surface area contributed by atoms with Crippen LogP contribution >= 0.6 is 0 Å². The minimum atomic E-state index is -0.703. The van der Waals surface area contributed by atoms with Crippen molar-refractivity contribution in [3.8, 4) is 0 Å². The molecular formula is C7H14N2O2S. The van der Waals surface area contributed by atoms with Crippen LogP contribution in [0.15, 0.2) is 0 Å². The Balaban J connectivity index is 2.33. The fourth-order valence-electron chi connectivity index (χ4n) is 1.10. The zero-order valence-corrected chi connectivity index (χ0v) is 8.02. The monoisotopic (exact) mass is 190 g/mol. The van der Waals surface area contributed by atoms with Gasteiger partial charge < -0.3 is 10.2 Å². The summed E-state index contributed by atoms with van der Waals surface area (Å²) in [6.45, 7) is 3.79. The normalized spacial score (nSPS) is 19.2. The van der Waals surface area contributed by atoms with E-state index in [1.807, 2.05) is 6.92 Å². The summed E-state index contributed by atoms with van der Waals surface area (Å²) >= 11 is 0. The van der Waals surface area contributed by atoms with E-state index in [0.29, 0.717) is 31.1 Å². The molecule has 1 N–H and O–H groups in total. The highest BCUT2D eigenvalue weighted by atomic mass is 32.2. The van der Waals surface area contributed by atoms with Gasteiger partial charge in [0.25, 0.3) is 0 Å². The molecule has 0 aromatic rings. The number of amides is 2. The molecule has 0 radical (unpaired) electrons. The maximum atomic E-state index is 11.2. The van der Waals surface area contributed by atoms with E-state index in [4.69, 9.17) is 0 Å². The van der Waals surface area contributed by atoms with Gasteiger partial charge in [0.1, 0.15) is 0 Å². The molecule has 1 heterocycles. The third-order valence-electron chi connectivity index (χ3n) is 1.79. The van der Waals surface area contributed by atoms with Gasteiger partial charge in [-0.15, -0.1) is 0 Å². The first-order valence-electron chi connectivity index (χ1n) is 4.11. The SMILES string of the molecule is CCNC(=O)N1CCS(=O)CC1. The van der Waals surface area contributed by atoms with Crippen molar-refractivity contribution in [1.82, 2.24) is 10.2 Å². The van der Waals surface area contributed by atoms with Crippen molar-refractivity contribution >= 4 is 16.8 Å². The van der Waals surface area contributed by atoms with E-state index >= 15 is 0 Å². The molecule has 0 spiro atoms. The molecule has 0 aromatic carbocycles. The van der Waals surface area contributed by atoms with Crippen molar-refractivity contribution in [2.75, 3.05) is 31.1 Å². The average Bonchev–Trinajstić information content (AvgIpc) is 2.06. The molecule has 0 aromatic heterocycles. The van der Waals surface area contributed by atoms with Crippen LogP contribution in [0.2, 0.25) is 0 Å². The lowest BCUT2D eigenvalue weighted by Crippen LogP contribution is -2.46. The molecule has 2 amide bonds. The second kappa shape index (κ2) is 4.45. The van der Waals surface area contributed by atoms with Gasteiger partial charge >= 0.3 is 6.03 Å². The maximum absolute atomic E-state index is 11.2. The Kier molecular flexibility index (Phi) is 3.52. The lowest BCUT2D eigenvalue weighted by atomic mass is 10.5. The predicted molar refractivity (Wildman–Crippen MR) is 48.5 cm³/mol. The Bertz CT molecular complexity index is 186. The van der Waals surface area contributed by atoms with Gasteiger partial charge in [0.15, 0.2) is 0 Å². The van der Waals surface area contributed by atoms with Crippen LogP contribution in [-0.4, -0.2) is 46.3 Å². The first kappa shape index (κ1) is 9.51. The van der Waals surface area contributed by atoms with Gasteiger partial charge in [-0.2, -0.15) is 0 Å². The highest BCUT2D eigenvalue weighted by molar-refractivity contribution is 7.85. The van der Waals surface area contributed by atoms with Crippen LogP contribution in [0.25, 0.3) is 0 Å². The fraction of sp³-hybridized carbons (Fsp3) is 0.857. The Hall–Kier alpha value is -0.580. The van der Waals surface area contributed by atoms with E-state index in [1.165, 1.54) is 0 Å². The standard InChI is InChI=1S/C7H14N2O2S/c1-2-8-7(10)9-3-5-12(11)6-4-9/h2-6H2,1H3,(H,8,10). The van der Waals surface area contributed by atoms with E-state index in [9.17, 15) is 9.00 Å². The highest BCUT2D eigenvalue weighted by Crippen LogP contribution is 1.99. The van der Waals surface area contributed by atoms with Crippen molar-refractivity contribution < 1.29 is 9.00 Å². The van der Waals surface area contributed by atoms with Crippen molar-refractivity contribution in [1.29, 1.82) is 0 Å². The molecule has 1 fully saturated rings. The number of urea groups is 1. The lowest BCUT2D eigenvalue weighted by molar-refractivity contribution is 0.203. The van der Waals surface area contributed by atoms with Crippen LogP contribution in [0.5, 0.6) is 0 Å². The third kappa shape index (κ3) is 2.48. The molecule has 1 rings (SSSR count). The summed E-state index contributed by atoms with van der Waals surface area (Å²) in [7, 11) is -0.703. The predicted octanol–water partition coefficient (Wildman–Crippen LogP) is -0.220.